The Balaban J connectivity index is 1.29. The van der Waals surface area contributed by atoms with E-state index in [-0.39, 0.29) is 27.8 Å². The number of aromatic nitrogens is 5. The lowest BCUT2D eigenvalue weighted by Crippen LogP contribution is -2.16. The largest absolute Gasteiger partial charge is 0.325 e. The lowest BCUT2D eigenvalue weighted by atomic mass is 9.87. The first-order valence-corrected chi connectivity index (χ1v) is 16.8. The Labute approximate surface area is 271 Å². The predicted octanol–water partition coefficient (Wildman–Crippen LogP) is 6.82. The van der Waals surface area contributed by atoms with E-state index in [1.165, 1.54) is 41.6 Å². The van der Waals surface area contributed by atoms with Crippen LogP contribution >= 0.6 is 23.4 Å². The van der Waals surface area contributed by atoms with Gasteiger partial charge in [-0.05, 0) is 73.4 Å². The normalized spacial score (nSPS) is 11.8. The van der Waals surface area contributed by atoms with Gasteiger partial charge in [0.25, 0.3) is 10.0 Å². The van der Waals surface area contributed by atoms with Crippen molar-refractivity contribution in [1.82, 2.24) is 24.7 Å². The van der Waals surface area contributed by atoms with E-state index in [9.17, 15) is 13.2 Å². The van der Waals surface area contributed by atoms with Crippen LogP contribution in [0.4, 0.5) is 11.5 Å². The zero-order valence-corrected chi connectivity index (χ0v) is 27.8. The fraction of sp³-hybridized carbons (Fsp3) is 0.219. The Morgan fingerprint density at radius 3 is 2.20 bits per heavy atom. The molecule has 0 saturated heterocycles. The van der Waals surface area contributed by atoms with Crippen molar-refractivity contribution in [2.45, 2.75) is 50.1 Å². The first kappa shape index (κ1) is 32.1. The van der Waals surface area contributed by atoms with Crippen LogP contribution in [0, 0.1) is 13.8 Å². The van der Waals surface area contributed by atoms with Gasteiger partial charge in [-0.25, -0.2) is 18.4 Å². The van der Waals surface area contributed by atoms with Crippen LogP contribution in [0.5, 0.6) is 0 Å². The number of nitrogens with one attached hydrogen (secondary N) is 2. The quantitative estimate of drug-likeness (QED) is 0.164. The standard InChI is InChI=1S/C32H32ClN7O3S2/c1-20-18-28(35-21(2)34-20)39-45(42,43)27-16-12-25(13-17-27)36-29(41)19-44-31-38-37-30(40(31)26-14-10-24(33)11-15-26)22-6-8-23(9-7-22)32(3,4)5/h6-18H,19H2,1-5H3,(H,36,41)(H,34,35,39). The summed E-state index contributed by atoms with van der Waals surface area (Å²) in [6, 6.07) is 23.0. The van der Waals surface area contributed by atoms with Crippen molar-refractivity contribution in [3.05, 3.63) is 101 Å². The van der Waals surface area contributed by atoms with Crippen molar-refractivity contribution in [2.75, 3.05) is 15.8 Å². The number of aryl methyl sites for hydroxylation is 2. The molecule has 0 aliphatic heterocycles. The number of amides is 1. The first-order valence-electron chi connectivity index (χ1n) is 14.0. The third kappa shape index (κ3) is 7.88. The highest BCUT2D eigenvalue weighted by molar-refractivity contribution is 7.99. The molecule has 1 amide bonds. The molecule has 0 saturated carbocycles. The lowest BCUT2D eigenvalue weighted by Gasteiger charge is -2.19. The Hall–Kier alpha value is -4.26. The minimum Gasteiger partial charge on any atom is -0.325 e. The van der Waals surface area contributed by atoms with Gasteiger partial charge in [0.05, 0.1) is 10.6 Å². The monoisotopic (exact) mass is 661 g/mol. The molecule has 0 spiro atoms. The highest BCUT2D eigenvalue weighted by atomic mass is 35.5. The number of benzene rings is 3. The summed E-state index contributed by atoms with van der Waals surface area (Å²) in [6.07, 6.45) is 0. The zero-order valence-electron chi connectivity index (χ0n) is 25.4. The maximum Gasteiger partial charge on any atom is 0.263 e. The fourth-order valence-corrected chi connectivity index (χ4v) is 6.37. The van der Waals surface area contributed by atoms with Crippen molar-refractivity contribution in [2.24, 2.45) is 0 Å². The number of anilines is 2. The van der Waals surface area contributed by atoms with E-state index >= 15 is 0 Å². The average Bonchev–Trinajstić information content (AvgIpc) is 3.39. The number of carbonyl (C=O) groups is 1. The van der Waals surface area contributed by atoms with Crippen molar-refractivity contribution >= 4 is 50.8 Å². The van der Waals surface area contributed by atoms with Gasteiger partial charge in [0.2, 0.25) is 5.91 Å². The Kier molecular flexibility index (Phi) is 9.28. The third-order valence-electron chi connectivity index (χ3n) is 6.71. The summed E-state index contributed by atoms with van der Waals surface area (Å²) in [7, 11) is -3.89. The van der Waals surface area contributed by atoms with E-state index in [4.69, 9.17) is 11.6 Å². The minimum absolute atomic E-state index is 0.0121. The molecule has 13 heteroatoms. The summed E-state index contributed by atoms with van der Waals surface area (Å²) in [5, 5.41) is 12.8. The molecular weight excluding hydrogens is 630 g/mol. The van der Waals surface area contributed by atoms with Crippen molar-refractivity contribution < 1.29 is 13.2 Å². The zero-order chi connectivity index (χ0) is 32.4. The molecule has 2 N–H and O–H groups in total. The van der Waals surface area contributed by atoms with E-state index in [2.05, 4.69) is 63.1 Å². The van der Waals surface area contributed by atoms with Crippen LogP contribution in [-0.4, -0.2) is 44.8 Å². The number of halogens is 1. The van der Waals surface area contributed by atoms with E-state index in [1.54, 1.807) is 32.0 Å². The minimum atomic E-state index is -3.89. The van der Waals surface area contributed by atoms with E-state index in [0.29, 0.717) is 33.2 Å². The second-order valence-electron chi connectivity index (χ2n) is 11.4. The number of carbonyl (C=O) groups excluding carboxylic acids is 1. The second-order valence-corrected chi connectivity index (χ2v) is 14.4. The Bertz CT molecular complexity index is 1920. The highest BCUT2D eigenvalue weighted by Gasteiger charge is 2.20. The molecule has 0 fully saturated rings. The van der Waals surface area contributed by atoms with Crippen LogP contribution in [0.3, 0.4) is 0 Å². The van der Waals surface area contributed by atoms with Gasteiger partial charge in [-0.2, -0.15) is 0 Å². The number of rotatable bonds is 9. The van der Waals surface area contributed by atoms with Gasteiger partial charge in [0.15, 0.2) is 11.0 Å². The molecule has 0 radical (unpaired) electrons. The van der Waals surface area contributed by atoms with E-state index in [0.717, 1.165) is 11.3 Å². The molecule has 0 unspecified atom stereocenters. The molecule has 5 aromatic rings. The SMILES string of the molecule is Cc1cc(NS(=O)(=O)c2ccc(NC(=O)CSc3nnc(-c4ccc(C(C)(C)C)cc4)n3-c3ccc(Cl)cc3)cc2)nc(C)n1. The Morgan fingerprint density at radius 2 is 1.58 bits per heavy atom. The van der Waals surface area contributed by atoms with Crippen LogP contribution in [0.2, 0.25) is 5.02 Å². The molecule has 5 rings (SSSR count). The van der Waals surface area contributed by atoms with Gasteiger partial charge < -0.3 is 5.32 Å². The predicted molar refractivity (Wildman–Crippen MR) is 179 cm³/mol. The van der Waals surface area contributed by atoms with Gasteiger partial charge in [-0.3, -0.25) is 14.1 Å². The van der Waals surface area contributed by atoms with E-state index < -0.39 is 10.0 Å². The van der Waals surface area contributed by atoms with Gasteiger partial charge in [0, 0.05) is 33.7 Å². The first-order chi connectivity index (χ1) is 21.3. The molecule has 0 aliphatic rings. The van der Waals surface area contributed by atoms with Crippen LogP contribution in [0.15, 0.2) is 88.9 Å². The molecule has 2 heterocycles. The number of sulfonamides is 1. The molecule has 0 bridgehead atoms. The van der Waals surface area contributed by atoms with Crippen LogP contribution in [-0.2, 0) is 20.2 Å². The summed E-state index contributed by atoms with van der Waals surface area (Å²) < 4.78 is 30.1. The lowest BCUT2D eigenvalue weighted by molar-refractivity contribution is -0.113. The van der Waals surface area contributed by atoms with Crippen molar-refractivity contribution in [3.63, 3.8) is 0 Å². The summed E-state index contributed by atoms with van der Waals surface area (Å²) in [5.41, 5.74) is 4.00. The smallest absolute Gasteiger partial charge is 0.263 e. The molecule has 0 aliphatic carbocycles. The molecule has 0 atom stereocenters. The number of hydrogen-bond donors (Lipinski definition) is 2. The van der Waals surface area contributed by atoms with Gasteiger partial charge in [-0.1, -0.05) is 68.4 Å². The molecular formula is C32H32ClN7O3S2. The summed E-state index contributed by atoms with van der Waals surface area (Å²) >= 11 is 7.38. The molecule has 10 nitrogen and oxygen atoms in total. The Morgan fingerprint density at radius 1 is 0.911 bits per heavy atom. The maximum absolute atomic E-state index is 12.9. The van der Waals surface area contributed by atoms with Crippen LogP contribution in [0.25, 0.3) is 17.1 Å². The van der Waals surface area contributed by atoms with Crippen LogP contribution < -0.4 is 10.0 Å². The molecule has 232 valence electrons. The van der Waals surface area contributed by atoms with E-state index in [1.807, 2.05) is 28.8 Å². The van der Waals surface area contributed by atoms with Gasteiger partial charge >= 0.3 is 0 Å². The third-order valence-corrected chi connectivity index (χ3v) is 9.26. The van der Waals surface area contributed by atoms with Gasteiger partial charge in [-0.15, -0.1) is 10.2 Å². The maximum atomic E-state index is 12.9. The molecule has 3 aromatic carbocycles. The summed E-state index contributed by atoms with van der Waals surface area (Å²) in [6.45, 7) is 9.93. The number of thioether (sulfide) groups is 1. The van der Waals surface area contributed by atoms with Gasteiger partial charge in [0.1, 0.15) is 11.6 Å². The number of nitrogens with zero attached hydrogens (tertiary/aromatic N) is 5. The van der Waals surface area contributed by atoms with Crippen molar-refractivity contribution in [3.8, 4) is 17.1 Å². The van der Waals surface area contributed by atoms with Crippen LogP contribution in [0.1, 0.15) is 37.9 Å². The fourth-order valence-electron chi connectivity index (χ4n) is 4.50. The average molecular weight is 662 g/mol. The molecule has 45 heavy (non-hydrogen) atoms. The topological polar surface area (TPSA) is 132 Å². The highest BCUT2D eigenvalue weighted by Crippen LogP contribution is 2.31. The van der Waals surface area contributed by atoms with Crippen molar-refractivity contribution in [1.29, 1.82) is 0 Å². The number of hydrogen-bond acceptors (Lipinski definition) is 8. The summed E-state index contributed by atoms with van der Waals surface area (Å²) in [5.74, 6) is 1.04. The molecule has 2 aromatic heterocycles. The second kappa shape index (κ2) is 13.0. The summed E-state index contributed by atoms with van der Waals surface area (Å²) in [4.78, 5) is 21.2.